The first-order chi connectivity index (χ1) is 10.8. The smallest absolute Gasteiger partial charge is 0.242 e. The Morgan fingerprint density at radius 1 is 0.957 bits per heavy atom. The SMILES string of the molecule is C[C@@H](NS(C)(=O)=O)C(=O)Nc1cccc(Nc2ccccc2)c1. The van der Waals surface area contributed by atoms with E-state index in [-0.39, 0.29) is 0 Å². The van der Waals surface area contributed by atoms with Gasteiger partial charge in [-0.2, -0.15) is 0 Å². The van der Waals surface area contributed by atoms with E-state index in [0.717, 1.165) is 17.6 Å². The molecule has 0 aliphatic rings. The Labute approximate surface area is 136 Å². The maximum Gasteiger partial charge on any atom is 0.242 e. The van der Waals surface area contributed by atoms with Crippen LogP contribution in [0.1, 0.15) is 6.92 Å². The molecule has 0 spiro atoms. The average molecular weight is 333 g/mol. The zero-order valence-electron chi connectivity index (χ0n) is 12.9. The number of rotatable bonds is 6. The van der Waals surface area contributed by atoms with E-state index in [1.807, 2.05) is 36.4 Å². The minimum absolute atomic E-state index is 0.424. The highest BCUT2D eigenvalue weighted by Gasteiger charge is 2.16. The van der Waals surface area contributed by atoms with E-state index in [9.17, 15) is 13.2 Å². The van der Waals surface area contributed by atoms with Crippen molar-refractivity contribution in [2.24, 2.45) is 0 Å². The van der Waals surface area contributed by atoms with Crippen LogP contribution in [0.15, 0.2) is 54.6 Å². The molecule has 122 valence electrons. The Morgan fingerprint density at radius 2 is 1.57 bits per heavy atom. The monoisotopic (exact) mass is 333 g/mol. The quantitative estimate of drug-likeness (QED) is 0.757. The van der Waals surface area contributed by atoms with Crippen LogP contribution in [0.4, 0.5) is 17.1 Å². The number of sulfonamides is 1. The molecule has 0 saturated heterocycles. The van der Waals surface area contributed by atoms with E-state index in [0.29, 0.717) is 5.69 Å². The van der Waals surface area contributed by atoms with Gasteiger partial charge in [0.1, 0.15) is 0 Å². The van der Waals surface area contributed by atoms with Gasteiger partial charge in [-0.15, -0.1) is 0 Å². The topological polar surface area (TPSA) is 87.3 Å². The van der Waals surface area contributed by atoms with Crippen LogP contribution < -0.4 is 15.4 Å². The minimum atomic E-state index is -3.43. The molecule has 2 aromatic rings. The van der Waals surface area contributed by atoms with Crippen LogP contribution in [0, 0.1) is 0 Å². The molecular formula is C16H19N3O3S. The molecule has 23 heavy (non-hydrogen) atoms. The van der Waals surface area contributed by atoms with Gasteiger partial charge in [0, 0.05) is 17.1 Å². The first kappa shape index (κ1) is 17.0. The molecule has 0 fully saturated rings. The van der Waals surface area contributed by atoms with Gasteiger partial charge < -0.3 is 10.6 Å². The second kappa shape index (κ2) is 7.26. The average Bonchev–Trinajstić information content (AvgIpc) is 2.47. The Bertz CT molecular complexity index is 776. The van der Waals surface area contributed by atoms with Crippen LogP contribution >= 0.6 is 0 Å². The summed E-state index contributed by atoms with van der Waals surface area (Å²) in [4.78, 5) is 12.0. The van der Waals surface area contributed by atoms with Crippen molar-refractivity contribution >= 4 is 33.0 Å². The van der Waals surface area contributed by atoms with Gasteiger partial charge in [-0.3, -0.25) is 4.79 Å². The van der Waals surface area contributed by atoms with Crippen LogP contribution in [0.25, 0.3) is 0 Å². The van der Waals surface area contributed by atoms with Gasteiger partial charge in [0.15, 0.2) is 0 Å². The number of anilines is 3. The fourth-order valence-corrected chi connectivity index (χ4v) is 2.74. The van der Waals surface area contributed by atoms with Crippen LogP contribution in [0.3, 0.4) is 0 Å². The number of carbonyl (C=O) groups excluding carboxylic acids is 1. The number of amides is 1. The number of carbonyl (C=O) groups is 1. The summed E-state index contributed by atoms with van der Waals surface area (Å²) in [6.45, 7) is 1.49. The van der Waals surface area contributed by atoms with Gasteiger partial charge >= 0.3 is 0 Å². The van der Waals surface area contributed by atoms with Crippen molar-refractivity contribution in [1.82, 2.24) is 4.72 Å². The first-order valence-electron chi connectivity index (χ1n) is 7.04. The van der Waals surface area contributed by atoms with Crippen molar-refractivity contribution in [3.05, 3.63) is 54.6 Å². The van der Waals surface area contributed by atoms with Gasteiger partial charge in [0.25, 0.3) is 0 Å². The lowest BCUT2D eigenvalue weighted by Gasteiger charge is -2.13. The predicted molar refractivity (Wildman–Crippen MR) is 92.2 cm³/mol. The van der Waals surface area contributed by atoms with Gasteiger partial charge in [0.2, 0.25) is 15.9 Å². The highest BCUT2D eigenvalue weighted by atomic mass is 32.2. The van der Waals surface area contributed by atoms with Gasteiger partial charge in [-0.05, 0) is 37.3 Å². The highest BCUT2D eigenvalue weighted by Crippen LogP contribution is 2.20. The highest BCUT2D eigenvalue weighted by molar-refractivity contribution is 7.88. The number of para-hydroxylation sites is 1. The zero-order valence-corrected chi connectivity index (χ0v) is 13.7. The van der Waals surface area contributed by atoms with E-state index in [1.165, 1.54) is 6.92 Å². The molecule has 0 aliphatic carbocycles. The lowest BCUT2D eigenvalue weighted by Crippen LogP contribution is -2.40. The number of nitrogens with one attached hydrogen (secondary N) is 3. The third kappa shape index (κ3) is 5.72. The molecule has 1 atom stereocenters. The fourth-order valence-electron chi connectivity index (χ4n) is 1.99. The summed E-state index contributed by atoms with van der Waals surface area (Å²) in [5.74, 6) is -0.424. The fraction of sp³-hybridized carbons (Fsp3) is 0.188. The maximum absolute atomic E-state index is 12.0. The Hall–Kier alpha value is -2.38. The molecule has 3 N–H and O–H groups in total. The van der Waals surface area contributed by atoms with Crippen LogP contribution in [0.5, 0.6) is 0 Å². The normalized spacial score (nSPS) is 12.4. The van der Waals surface area contributed by atoms with Crippen molar-refractivity contribution in [2.45, 2.75) is 13.0 Å². The lowest BCUT2D eigenvalue weighted by molar-refractivity contribution is -0.117. The lowest BCUT2D eigenvalue weighted by atomic mass is 10.2. The van der Waals surface area contributed by atoms with Crippen LogP contribution in [0.2, 0.25) is 0 Å². The zero-order chi connectivity index (χ0) is 16.9. The second-order valence-corrected chi connectivity index (χ2v) is 6.95. The Morgan fingerprint density at radius 3 is 2.22 bits per heavy atom. The van der Waals surface area contributed by atoms with E-state index in [1.54, 1.807) is 18.2 Å². The standard InChI is InChI=1S/C16H19N3O3S/c1-12(19-23(2,21)22)16(20)18-15-10-6-9-14(11-15)17-13-7-4-3-5-8-13/h3-12,17,19H,1-2H3,(H,18,20)/t12-/m1/s1. The molecule has 0 aromatic heterocycles. The molecule has 0 unspecified atom stereocenters. The number of hydrogen-bond donors (Lipinski definition) is 3. The van der Waals surface area contributed by atoms with Gasteiger partial charge in [-0.25, -0.2) is 13.1 Å². The molecule has 0 aliphatic heterocycles. The van der Waals surface area contributed by atoms with Crippen LogP contribution in [-0.2, 0) is 14.8 Å². The van der Waals surface area contributed by atoms with Gasteiger partial charge in [0.05, 0.1) is 12.3 Å². The number of benzene rings is 2. The summed E-state index contributed by atoms with van der Waals surface area (Å²) in [7, 11) is -3.43. The third-order valence-corrected chi connectivity index (χ3v) is 3.76. The summed E-state index contributed by atoms with van der Waals surface area (Å²) in [6.07, 6.45) is 1.02. The third-order valence-electron chi connectivity index (χ3n) is 2.98. The van der Waals surface area contributed by atoms with Crippen LogP contribution in [-0.4, -0.2) is 26.6 Å². The molecule has 7 heteroatoms. The van der Waals surface area contributed by atoms with Crippen molar-refractivity contribution in [3.8, 4) is 0 Å². The molecule has 0 heterocycles. The first-order valence-corrected chi connectivity index (χ1v) is 8.93. The van der Waals surface area contributed by atoms with Crippen molar-refractivity contribution in [2.75, 3.05) is 16.9 Å². The summed E-state index contributed by atoms with van der Waals surface area (Å²) >= 11 is 0. The number of hydrogen-bond acceptors (Lipinski definition) is 4. The van der Waals surface area contributed by atoms with E-state index in [4.69, 9.17) is 0 Å². The second-order valence-electron chi connectivity index (χ2n) is 5.17. The van der Waals surface area contributed by atoms with E-state index < -0.39 is 22.0 Å². The largest absolute Gasteiger partial charge is 0.355 e. The summed E-state index contributed by atoms with van der Waals surface area (Å²) in [5, 5.41) is 5.91. The molecule has 0 radical (unpaired) electrons. The molecular weight excluding hydrogens is 314 g/mol. The summed E-state index contributed by atoms with van der Waals surface area (Å²) in [5.41, 5.74) is 2.33. The summed E-state index contributed by atoms with van der Waals surface area (Å²) in [6, 6.07) is 16.0. The van der Waals surface area contributed by atoms with E-state index in [2.05, 4.69) is 15.4 Å². The maximum atomic E-state index is 12.0. The van der Waals surface area contributed by atoms with Crippen molar-refractivity contribution in [1.29, 1.82) is 0 Å². The predicted octanol–water partition coefficient (Wildman–Crippen LogP) is 2.31. The van der Waals surface area contributed by atoms with E-state index >= 15 is 0 Å². The molecule has 2 aromatic carbocycles. The Balaban J connectivity index is 2.04. The molecule has 2 rings (SSSR count). The molecule has 6 nitrogen and oxygen atoms in total. The Kier molecular flexibility index (Phi) is 5.36. The van der Waals surface area contributed by atoms with Crippen molar-refractivity contribution in [3.63, 3.8) is 0 Å². The van der Waals surface area contributed by atoms with Crippen molar-refractivity contribution < 1.29 is 13.2 Å². The molecule has 0 bridgehead atoms. The molecule has 0 saturated carbocycles. The molecule has 1 amide bonds. The minimum Gasteiger partial charge on any atom is -0.355 e. The van der Waals surface area contributed by atoms with Gasteiger partial charge in [-0.1, -0.05) is 24.3 Å². The summed E-state index contributed by atoms with van der Waals surface area (Å²) < 4.78 is 24.5.